The van der Waals surface area contributed by atoms with Gasteiger partial charge >= 0.3 is 0 Å². The Hall–Kier alpha value is -0.930. The average Bonchev–Trinajstić information content (AvgIpc) is 2.70. The van der Waals surface area contributed by atoms with Crippen molar-refractivity contribution >= 4 is 17.4 Å². The van der Waals surface area contributed by atoms with Crippen molar-refractivity contribution in [2.24, 2.45) is 0 Å². The van der Waals surface area contributed by atoms with Crippen LogP contribution in [-0.4, -0.2) is 23.3 Å². The minimum absolute atomic E-state index is 0.153. The van der Waals surface area contributed by atoms with E-state index in [-0.39, 0.29) is 16.6 Å². The van der Waals surface area contributed by atoms with Gasteiger partial charge in [0.2, 0.25) is 0 Å². The molecule has 1 aromatic rings. The molecule has 0 radical (unpaired) electrons. The zero-order chi connectivity index (χ0) is 13.1. The topological polar surface area (TPSA) is 20.3 Å². The summed E-state index contributed by atoms with van der Waals surface area (Å²) in [6, 6.07) is 5.21. The van der Waals surface area contributed by atoms with E-state index in [0.29, 0.717) is 19.0 Å². The maximum atomic E-state index is 13.4. The van der Waals surface area contributed by atoms with Gasteiger partial charge in [0.25, 0.3) is 0 Å². The molecular formula is C14H17ClFNO. The predicted molar refractivity (Wildman–Crippen MR) is 70.1 cm³/mol. The van der Waals surface area contributed by atoms with Gasteiger partial charge in [-0.3, -0.25) is 9.69 Å². The Morgan fingerprint density at radius 2 is 2.33 bits per heavy atom. The number of Topliss-reactive ketones (excluding diaryl/α,β-unsaturated/α-hetero) is 1. The van der Waals surface area contributed by atoms with Crippen LogP contribution in [0.1, 0.15) is 31.7 Å². The lowest BCUT2D eigenvalue weighted by Gasteiger charge is -2.23. The van der Waals surface area contributed by atoms with Crippen molar-refractivity contribution in [3.63, 3.8) is 0 Å². The summed E-state index contributed by atoms with van der Waals surface area (Å²) in [5.41, 5.74) is 0.910. The number of halogens is 2. The Morgan fingerprint density at radius 3 is 3.00 bits per heavy atom. The first kappa shape index (κ1) is 13.5. The largest absolute Gasteiger partial charge is 0.300 e. The van der Waals surface area contributed by atoms with Crippen LogP contribution in [0, 0.1) is 5.82 Å². The Bertz CT molecular complexity index is 449. The van der Waals surface area contributed by atoms with E-state index >= 15 is 0 Å². The first-order valence-corrected chi connectivity index (χ1v) is 6.61. The van der Waals surface area contributed by atoms with Crippen molar-refractivity contribution in [2.45, 2.75) is 38.8 Å². The molecule has 0 bridgehead atoms. The van der Waals surface area contributed by atoms with E-state index in [9.17, 15) is 9.18 Å². The smallest absolute Gasteiger partial charge is 0.142 e. The SMILES string of the molecule is CC(=O)CC1CCCN1Cc1ccc(Cl)c(F)c1. The average molecular weight is 270 g/mol. The predicted octanol–water partition coefficient (Wildman–Crippen LogP) is 3.42. The Kier molecular flexibility index (Phi) is 4.36. The molecule has 0 aromatic heterocycles. The molecule has 1 aliphatic heterocycles. The van der Waals surface area contributed by atoms with Gasteiger partial charge in [-0.25, -0.2) is 4.39 Å². The van der Waals surface area contributed by atoms with Gasteiger partial charge in [0, 0.05) is 19.0 Å². The quantitative estimate of drug-likeness (QED) is 0.835. The molecule has 18 heavy (non-hydrogen) atoms. The Labute approximate surface area is 112 Å². The van der Waals surface area contributed by atoms with Gasteiger partial charge in [-0.1, -0.05) is 17.7 Å². The van der Waals surface area contributed by atoms with Gasteiger partial charge in [-0.05, 0) is 44.0 Å². The normalized spacial score (nSPS) is 20.3. The van der Waals surface area contributed by atoms with Crippen LogP contribution in [0.25, 0.3) is 0 Å². The highest BCUT2D eigenvalue weighted by Gasteiger charge is 2.25. The minimum atomic E-state index is -0.378. The molecule has 1 saturated heterocycles. The number of ketones is 1. The van der Waals surface area contributed by atoms with Gasteiger partial charge in [-0.2, -0.15) is 0 Å². The molecule has 2 nitrogen and oxygen atoms in total. The molecule has 1 fully saturated rings. The van der Waals surface area contributed by atoms with Crippen LogP contribution in [0.15, 0.2) is 18.2 Å². The number of carbonyl (C=O) groups is 1. The molecule has 4 heteroatoms. The standard InChI is InChI=1S/C14H17ClFNO/c1-10(18)7-12-3-2-6-17(12)9-11-4-5-13(15)14(16)8-11/h4-5,8,12H,2-3,6-7,9H2,1H3. The minimum Gasteiger partial charge on any atom is -0.300 e. The van der Waals surface area contributed by atoms with E-state index in [1.165, 1.54) is 6.07 Å². The van der Waals surface area contributed by atoms with Crippen LogP contribution in [0.2, 0.25) is 5.02 Å². The van der Waals surface area contributed by atoms with Gasteiger partial charge in [0.15, 0.2) is 0 Å². The second-order valence-corrected chi connectivity index (χ2v) is 5.33. The number of benzene rings is 1. The second kappa shape index (κ2) is 5.81. The second-order valence-electron chi connectivity index (χ2n) is 4.92. The third-order valence-corrected chi connectivity index (χ3v) is 3.70. The number of nitrogens with zero attached hydrogens (tertiary/aromatic N) is 1. The Balaban J connectivity index is 2.03. The van der Waals surface area contributed by atoms with Crippen LogP contribution < -0.4 is 0 Å². The van der Waals surface area contributed by atoms with Crippen LogP contribution in [0.4, 0.5) is 4.39 Å². The highest BCUT2D eigenvalue weighted by molar-refractivity contribution is 6.30. The van der Waals surface area contributed by atoms with Crippen LogP contribution >= 0.6 is 11.6 Å². The molecule has 1 atom stereocenters. The third-order valence-electron chi connectivity index (χ3n) is 3.39. The third kappa shape index (κ3) is 3.30. The van der Waals surface area contributed by atoms with E-state index in [2.05, 4.69) is 4.90 Å². The van der Waals surface area contributed by atoms with E-state index in [4.69, 9.17) is 11.6 Å². The van der Waals surface area contributed by atoms with Crippen LogP contribution in [0.3, 0.4) is 0 Å². The number of hydrogen-bond acceptors (Lipinski definition) is 2. The fourth-order valence-electron chi connectivity index (χ4n) is 2.54. The fraction of sp³-hybridized carbons (Fsp3) is 0.500. The highest BCUT2D eigenvalue weighted by atomic mass is 35.5. The number of hydrogen-bond donors (Lipinski definition) is 0. The summed E-state index contributed by atoms with van der Waals surface area (Å²) in [6.45, 7) is 3.28. The van der Waals surface area contributed by atoms with Crippen molar-refractivity contribution in [2.75, 3.05) is 6.54 Å². The van der Waals surface area contributed by atoms with E-state index in [1.807, 2.05) is 6.07 Å². The molecule has 1 aromatic carbocycles. The number of carbonyl (C=O) groups excluding carboxylic acids is 1. The van der Waals surface area contributed by atoms with E-state index < -0.39 is 0 Å². The molecule has 1 heterocycles. The lowest BCUT2D eigenvalue weighted by atomic mass is 10.1. The summed E-state index contributed by atoms with van der Waals surface area (Å²) in [7, 11) is 0. The molecule has 1 aliphatic rings. The van der Waals surface area contributed by atoms with Crippen molar-refractivity contribution in [1.29, 1.82) is 0 Å². The van der Waals surface area contributed by atoms with Crippen molar-refractivity contribution in [1.82, 2.24) is 4.90 Å². The molecule has 1 unspecified atom stereocenters. The molecule has 0 spiro atoms. The van der Waals surface area contributed by atoms with E-state index in [0.717, 1.165) is 24.9 Å². The summed E-state index contributed by atoms with van der Waals surface area (Å²) in [5.74, 6) is -0.161. The first-order chi connectivity index (χ1) is 8.56. The summed E-state index contributed by atoms with van der Waals surface area (Å²) in [4.78, 5) is 13.4. The number of rotatable bonds is 4. The summed E-state index contributed by atoms with van der Waals surface area (Å²) < 4.78 is 13.4. The maximum Gasteiger partial charge on any atom is 0.142 e. The summed E-state index contributed by atoms with van der Waals surface area (Å²) in [6.07, 6.45) is 2.75. The molecule has 0 N–H and O–H groups in total. The lowest BCUT2D eigenvalue weighted by molar-refractivity contribution is -0.118. The van der Waals surface area contributed by atoms with Crippen molar-refractivity contribution in [3.05, 3.63) is 34.6 Å². The van der Waals surface area contributed by atoms with Crippen molar-refractivity contribution in [3.8, 4) is 0 Å². The van der Waals surface area contributed by atoms with Gasteiger partial charge in [0.1, 0.15) is 11.6 Å². The number of likely N-dealkylation sites (tertiary alicyclic amines) is 1. The molecular weight excluding hydrogens is 253 g/mol. The zero-order valence-electron chi connectivity index (χ0n) is 10.5. The zero-order valence-corrected chi connectivity index (χ0v) is 11.2. The Morgan fingerprint density at radius 1 is 1.56 bits per heavy atom. The lowest BCUT2D eigenvalue weighted by Crippen LogP contribution is -2.30. The molecule has 2 rings (SSSR count). The van der Waals surface area contributed by atoms with Crippen LogP contribution in [0.5, 0.6) is 0 Å². The van der Waals surface area contributed by atoms with E-state index in [1.54, 1.807) is 13.0 Å². The summed E-state index contributed by atoms with van der Waals surface area (Å²) >= 11 is 5.66. The van der Waals surface area contributed by atoms with Gasteiger partial charge in [-0.15, -0.1) is 0 Å². The molecule has 0 saturated carbocycles. The van der Waals surface area contributed by atoms with Crippen molar-refractivity contribution < 1.29 is 9.18 Å². The maximum absolute atomic E-state index is 13.4. The molecule has 0 amide bonds. The first-order valence-electron chi connectivity index (χ1n) is 6.23. The fourth-order valence-corrected chi connectivity index (χ4v) is 2.66. The van der Waals surface area contributed by atoms with Gasteiger partial charge < -0.3 is 0 Å². The summed E-state index contributed by atoms with van der Waals surface area (Å²) in [5, 5.41) is 0.153. The van der Waals surface area contributed by atoms with Gasteiger partial charge in [0.05, 0.1) is 5.02 Å². The van der Waals surface area contributed by atoms with Crippen LogP contribution in [-0.2, 0) is 11.3 Å². The molecule has 98 valence electrons. The molecule has 0 aliphatic carbocycles. The monoisotopic (exact) mass is 269 g/mol. The highest BCUT2D eigenvalue weighted by Crippen LogP contribution is 2.24.